The van der Waals surface area contributed by atoms with Crippen molar-refractivity contribution in [3.8, 4) is 6.07 Å². The highest BCUT2D eigenvalue weighted by atomic mass is 35.5. The SMILES string of the molecule is Cc1nn(C)c(C(=O)NC(=S)Nc2sc3c(c2C#N)CCCC3)c1Cl. The summed E-state index contributed by atoms with van der Waals surface area (Å²) >= 11 is 12.9. The maximum atomic E-state index is 12.4. The number of carbonyl (C=O) groups excluding carboxylic acids is 1. The summed E-state index contributed by atoms with van der Waals surface area (Å²) in [5.41, 5.74) is 2.56. The number of anilines is 1. The molecule has 0 fully saturated rings. The van der Waals surface area contributed by atoms with Crippen LogP contribution in [0.1, 0.15) is 45.0 Å². The second-order valence-corrected chi connectivity index (χ2v) is 7.70. The number of hydrogen-bond donors (Lipinski definition) is 2. The minimum atomic E-state index is -0.439. The number of hydrogen-bond acceptors (Lipinski definition) is 5. The molecule has 3 rings (SSSR count). The predicted molar refractivity (Wildman–Crippen MR) is 102 cm³/mol. The highest BCUT2D eigenvalue weighted by Gasteiger charge is 2.23. The van der Waals surface area contributed by atoms with Gasteiger partial charge in [-0.2, -0.15) is 10.4 Å². The van der Waals surface area contributed by atoms with Crippen molar-refractivity contribution in [1.82, 2.24) is 15.1 Å². The fraction of sp³-hybridized carbons (Fsp3) is 0.375. The first-order valence-electron chi connectivity index (χ1n) is 7.78. The van der Waals surface area contributed by atoms with Crippen LogP contribution in [0.15, 0.2) is 0 Å². The third-order valence-electron chi connectivity index (χ3n) is 4.10. The van der Waals surface area contributed by atoms with E-state index in [0.29, 0.717) is 21.3 Å². The molecule has 2 N–H and O–H groups in total. The number of aryl methyl sites for hydroxylation is 3. The standard InChI is InChI=1S/C16H16ClN5OS2/c1-8-12(17)13(22(2)21-8)14(23)19-16(24)20-15-10(7-18)9-5-3-4-6-11(9)25-15/h3-6H2,1-2H3,(H2,19,20,23,24). The third kappa shape index (κ3) is 3.40. The molecule has 0 radical (unpaired) electrons. The van der Waals surface area contributed by atoms with E-state index >= 15 is 0 Å². The second-order valence-electron chi connectivity index (χ2n) is 5.81. The molecule has 0 aliphatic heterocycles. The van der Waals surface area contributed by atoms with Crippen molar-refractivity contribution >= 4 is 51.2 Å². The summed E-state index contributed by atoms with van der Waals surface area (Å²) in [4.78, 5) is 13.6. The molecule has 6 nitrogen and oxygen atoms in total. The van der Waals surface area contributed by atoms with Crippen molar-refractivity contribution in [2.24, 2.45) is 7.05 Å². The van der Waals surface area contributed by atoms with Gasteiger partial charge in [0.25, 0.3) is 5.91 Å². The monoisotopic (exact) mass is 393 g/mol. The summed E-state index contributed by atoms with van der Waals surface area (Å²) in [6.07, 6.45) is 4.13. The van der Waals surface area contributed by atoms with Crippen LogP contribution < -0.4 is 10.6 Å². The third-order valence-corrected chi connectivity index (χ3v) is 5.97. The number of amides is 1. The number of carbonyl (C=O) groups is 1. The normalized spacial score (nSPS) is 13.0. The lowest BCUT2D eigenvalue weighted by atomic mass is 9.96. The van der Waals surface area contributed by atoms with E-state index in [1.54, 1.807) is 14.0 Å². The van der Waals surface area contributed by atoms with E-state index in [4.69, 9.17) is 23.8 Å². The van der Waals surface area contributed by atoms with Crippen molar-refractivity contribution in [1.29, 1.82) is 5.26 Å². The van der Waals surface area contributed by atoms with E-state index in [-0.39, 0.29) is 10.8 Å². The van der Waals surface area contributed by atoms with Crippen molar-refractivity contribution in [3.63, 3.8) is 0 Å². The van der Waals surface area contributed by atoms with Gasteiger partial charge in [-0.05, 0) is 50.4 Å². The average molecular weight is 394 g/mol. The van der Waals surface area contributed by atoms with Gasteiger partial charge in [0.15, 0.2) is 5.11 Å². The van der Waals surface area contributed by atoms with E-state index in [1.165, 1.54) is 20.9 Å². The molecule has 0 saturated carbocycles. The molecule has 2 aromatic rings. The number of halogens is 1. The number of rotatable bonds is 2. The first-order chi connectivity index (χ1) is 11.9. The zero-order valence-electron chi connectivity index (χ0n) is 13.8. The molecule has 0 saturated heterocycles. The zero-order valence-corrected chi connectivity index (χ0v) is 16.2. The largest absolute Gasteiger partial charge is 0.323 e. The molecule has 1 aliphatic rings. The highest BCUT2D eigenvalue weighted by Crippen LogP contribution is 2.37. The first-order valence-corrected chi connectivity index (χ1v) is 9.38. The van der Waals surface area contributed by atoms with E-state index in [0.717, 1.165) is 31.2 Å². The molecule has 0 spiro atoms. The van der Waals surface area contributed by atoms with Crippen LogP contribution >= 0.6 is 35.2 Å². The lowest BCUT2D eigenvalue weighted by Gasteiger charge is -2.10. The first kappa shape index (κ1) is 17.9. The summed E-state index contributed by atoms with van der Waals surface area (Å²) in [7, 11) is 1.64. The van der Waals surface area contributed by atoms with Crippen LogP contribution in [-0.2, 0) is 19.9 Å². The molecular formula is C16H16ClN5OS2. The van der Waals surface area contributed by atoms with Gasteiger partial charge in [-0.1, -0.05) is 11.6 Å². The van der Waals surface area contributed by atoms with Crippen LogP contribution in [0.2, 0.25) is 5.02 Å². The lowest BCUT2D eigenvalue weighted by Crippen LogP contribution is -2.35. The topological polar surface area (TPSA) is 82.7 Å². The Morgan fingerprint density at radius 3 is 2.80 bits per heavy atom. The molecule has 9 heteroatoms. The maximum absolute atomic E-state index is 12.4. The number of nitrogens with zero attached hydrogens (tertiary/aromatic N) is 3. The molecule has 130 valence electrons. The van der Waals surface area contributed by atoms with Gasteiger partial charge < -0.3 is 5.32 Å². The molecule has 0 bridgehead atoms. The van der Waals surface area contributed by atoms with E-state index in [2.05, 4.69) is 21.8 Å². The van der Waals surface area contributed by atoms with E-state index < -0.39 is 5.91 Å². The van der Waals surface area contributed by atoms with Crippen molar-refractivity contribution < 1.29 is 4.79 Å². The summed E-state index contributed by atoms with van der Waals surface area (Å²) in [6, 6.07) is 2.26. The van der Waals surface area contributed by atoms with Crippen molar-refractivity contribution in [2.75, 3.05) is 5.32 Å². The average Bonchev–Trinajstić information content (AvgIpc) is 3.03. The Morgan fingerprint density at radius 2 is 2.16 bits per heavy atom. The van der Waals surface area contributed by atoms with Crippen molar-refractivity contribution in [3.05, 3.63) is 32.4 Å². The minimum Gasteiger partial charge on any atom is -0.323 e. The van der Waals surface area contributed by atoms with Crippen LogP contribution in [0.4, 0.5) is 5.00 Å². The number of fused-ring (bicyclic) bond motifs is 1. The number of thiocarbonyl (C=S) groups is 1. The van der Waals surface area contributed by atoms with Gasteiger partial charge in [0.1, 0.15) is 16.8 Å². The Hall–Kier alpha value is -1.95. The molecule has 0 atom stereocenters. The van der Waals surface area contributed by atoms with Crippen LogP contribution in [0.5, 0.6) is 0 Å². The molecule has 2 heterocycles. The number of thiophene rings is 1. The Kier molecular flexibility index (Phi) is 5.08. The predicted octanol–water partition coefficient (Wildman–Crippen LogP) is 3.32. The van der Waals surface area contributed by atoms with Gasteiger partial charge in [-0.25, -0.2) is 0 Å². The summed E-state index contributed by atoms with van der Waals surface area (Å²) < 4.78 is 1.42. The Morgan fingerprint density at radius 1 is 1.44 bits per heavy atom. The molecule has 2 aromatic heterocycles. The Bertz CT molecular complexity index is 909. The second kappa shape index (κ2) is 7.12. The number of nitrogens with one attached hydrogen (secondary N) is 2. The van der Waals surface area contributed by atoms with Gasteiger partial charge in [0, 0.05) is 11.9 Å². The van der Waals surface area contributed by atoms with Crippen LogP contribution in [0.3, 0.4) is 0 Å². The molecule has 1 aliphatic carbocycles. The summed E-state index contributed by atoms with van der Waals surface area (Å²) in [5.74, 6) is -0.439. The van der Waals surface area contributed by atoms with E-state index in [9.17, 15) is 10.1 Å². The Balaban J connectivity index is 1.76. The maximum Gasteiger partial charge on any atom is 0.277 e. The summed E-state index contributed by atoms with van der Waals surface area (Å²) in [6.45, 7) is 1.73. The minimum absolute atomic E-state index is 0.134. The molecule has 25 heavy (non-hydrogen) atoms. The molecule has 0 aromatic carbocycles. The fourth-order valence-corrected chi connectivity index (χ4v) is 4.70. The highest BCUT2D eigenvalue weighted by molar-refractivity contribution is 7.80. The number of aromatic nitrogens is 2. The van der Waals surface area contributed by atoms with Crippen LogP contribution in [-0.4, -0.2) is 20.8 Å². The van der Waals surface area contributed by atoms with Gasteiger partial charge >= 0.3 is 0 Å². The van der Waals surface area contributed by atoms with Crippen LogP contribution in [0, 0.1) is 18.3 Å². The molecular weight excluding hydrogens is 378 g/mol. The number of nitriles is 1. The molecule has 1 amide bonds. The Labute approximate surface area is 159 Å². The quantitative estimate of drug-likeness (QED) is 0.765. The van der Waals surface area contributed by atoms with Gasteiger partial charge in [-0.3, -0.25) is 14.8 Å². The lowest BCUT2D eigenvalue weighted by molar-refractivity contribution is 0.0968. The van der Waals surface area contributed by atoms with Gasteiger partial charge in [-0.15, -0.1) is 11.3 Å². The van der Waals surface area contributed by atoms with Crippen LogP contribution in [0.25, 0.3) is 0 Å². The summed E-state index contributed by atoms with van der Waals surface area (Å²) in [5, 5.41) is 20.3. The van der Waals surface area contributed by atoms with E-state index in [1.807, 2.05) is 0 Å². The zero-order chi connectivity index (χ0) is 18.1. The smallest absolute Gasteiger partial charge is 0.277 e. The fourth-order valence-electron chi connectivity index (χ4n) is 2.95. The van der Waals surface area contributed by atoms with Crippen molar-refractivity contribution in [2.45, 2.75) is 32.6 Å². The molecule has 0 unspecified atom stereocenters. The van der Waals surface area contributed by atoms with Gasteiger partial charge in [0.05, 0.1) is 16.3 Å². The van der Waals surface area contributed by atoms with Gasteiger partial charge in [0.2, 0.25) is 0 Å².